The van der Waals surface area contributed by atoms with Gasteiger partial charge in [0.2, 0.25) is 5.95 Å². The number of anilines is 3. The van der Waals surface area contributed by atoms with Gasteiger partial charge in [-0.1, -0.05) is 6.92 Å². The number of rotatable bonds is 8. The first-order chi connectivity index (χ1) is 9.09. The fourth-order valence-corrected chi connectivity index (χ4v) is 1.41. The van der Waals surface area contributed by atoms with Gasteiger partial charge >= 0.3 is 0 Å². The molecule has 0 aliphatic carbocycles. The van der Waals surface area contributed by atoms with Gasteiger partial charge in [-0.25, -0.2) is 0 Å². The van der Waals surface area contributed by atoms with Crippen molar-refractivity contribution in [3.05, 3.63) is 6.07 Å². The molecule has 0 aliphatic rings. The monoisotopic (exact) mass is 271 g/mol. The molecule has 0 radical (unpaired) electrons. The van der Waals surface area contributed by atoms with E-state index in [-0.39, 0.29) is 5.95 Å². The van der Waals surface area contributed by atoms with E-state index in [9.17, 15) is 15.3 Å². The van der Waals surface area contributed by atoms with Crippen molar-refractivity contribution in [2.45, 2.75) is 18.9 Å². The van der Waals surface area contributed by atoms with Crippen LogP contribution >= 0.6 is 0 Å². The molecule has 1 rings (SSSR count). The molecule has 0 unspecified atom stereocenters. The lowest BCUT2D eigenvalue weighted by Crippen LogP contribution is -2.49. The molecule has 8 heteroatoms. The largest absolute Gasteiger partial charge is 0.394 e. The zero-order chi connectivity index (χ0) is 14.3. The molecule has 0 amide bonds. The van der Waals surface area contributed by atoms with Crippen molar-refractivity contribution in [3.8, 4) is 0 Å². The molecule has 0 atom stereocenters. The van der Waals surface area contributed by atoms with Crippen molar-refractivity contribution in [2.24, 2.45) is 0 Å². The molecular formula is C11H21N5O3. The Labute approximate surface area is 111 Å². The lowest BCUT2D eigenvalue weighted by atomic mass is 10.0. The second-order valence-electron chi connectivity index (χ2n) is 4.30. The van der Waals surface area contributed by atoms with E-state index in [4.69, 9.17) is 5.73 Å². The minimum Gasteiger partial charge on any atom is -0.394 e. The van der Waals surface area contributed by atoms with Crippen molar-refractivity contribution < 1.29 is 15.3 Å². The van der Waals surface area contributed by atoms with Crippen molar-refractivity contribution in [1.29, 1.82) is 0 Å². The van der Waals surface area contributed by atoms with Gasteiger partial charge in [0.1, 0.15) is 17.2 Å². The Hall–Kier alpha value is -1.64. The molecule has 0 spiro atoms. The molecule has 0 saturated carbocycles. The van der Waals surface area contributed by atoms with E-state index in [1.54, 1.807) is 6.07 Å². The summed E-state index contributed by atoms with van der Waals surface area (Å²) in [6.07, 6.45) is 0.931. The molecule has 1 aromatic heterocycles. The zero-order valence-corrected chi connectivity index (χ0v) is 10.9. The lowest BCUT2D eigenvalue weighted by molar-refractivity contribution is 0.0831. The predicted octanol–water partition coefficient (Wildman–Crippen LogP) is -0.992. The van der Waals surface area contributed by atoms with E-state index in [0.29, 0.717) is 11.6 Å². The second kappa shape index (κ2) is 7.07. The van der Waals surface area contributed by atoms with Gasteiger partial charge in [0.25, 0.3) is 0 Å². The molecule has 7 N–H and O–H groups in total. The molecule has 108 valence electrons. The van der Waals surface area contributed by atoms with E-state index < -0.39 is 25.4 Å². The first kappa shape index (κ1) is 15.4. The number of nitrogens with one attached hydrogen (secondary N) is 2. The van der Waals surface area contributed by atoms with Crippen LogP contribution in [0.25, 0.3) is 0 Å². The summed E-state index contributed by atoms with van der Waals surface area (Å²) in [6, 6.07) is 1.60. The van der Waals surface area contributed by atoms with Gasteiger partial charge in [0.05, 0.1) is 19.8 Å². The Morgan fingerprint density at radius 1 is 1.16 bits per heavy atom. The summed E-state index contributed by atoms with van der Waals surface area (Å²) in [5, 5.41) is 33.6. The van der Waals surface area contributed by atoms with Gasteiger partial charge in [-0.3, -0.25) is 0 Å². The third-order valence-corrected chi connectivity index (χ3v) is 2.60. The van der Waals surface area contributed by atoms with Crippen molar-refractivity contribution in [1.82, 2.24) is 9.97 Å². The molecule has 19 heavy (non-hydrogen) atoms. The molecular weight excluding hydrogens is 250 g/mol. The predicted molar refractivity (Wildman–Crippen MR) is 72.8 cm³/mol. The van der Waals surface area contributed by atoms with Gasteiger partial charge in [-0.2, -0.15) is 9.97 Å². The van der Waals surface area contributed by atoms with Crippen LogP contribution in [0.5, 0.6) is 0 Å². The van der Waals surface area contributed by atoms with Gasteiger partial charge in [0, 0.05) is 12.6 Å². The highest BCUT2D eigenvalue weighted by Gasteiger charge is 2.28. The summed E-state index contributed by atoms with van der Waals surface area (Å²) in [7, 11) is 0. The standard InChI is InChI=1S/C11H21N5O3/c1-2-3-13-8-4-9(15-10(12)14-8)16-11(5-17,6-18)7-19/h4,17-19H,2-3,5-7H2,1H3,(H4,12,13,14,15,16). The molecule has 0 bridgehead atoms. The maximum atomic E-state index is 9.25. The van der Waals surface area contributed by atoms with Crippen LogP contribution in [-0.4, -0.2) is 57.2 Å². The van der Waals surface area contributed by atoms with Gasteiger partial charge in [0.15, 0.2) is 0 Å². The highest BCUT2D eigenvalue weighted by molar-refractivity contribution is 5.52. The van der Waals surface area contributed by atoms with Crippen LogP contribution in [0.3, 0.4) is 0 Å². The summed E-state index contributed by atoms with van der Waals surface area (Å²) >= 11 is 0. The van der Waals surface area contributed by atoms with Crippen LogP contribution in [0.15, 0.2) is 6.07 Å². The number of hydrogen-bond donors (Lipinski definition) is 6. The number of hydrogen-bond acceptors (Lipinski definition) is 8. The van der Waals surface area contributed by atoms with E-state index in [2.05, 4.69) is 20.6 Å². The Bertz CT molecular complexity index is 390. The van der Waals surface area contributed by atoms with Crippen LogP contribution in [0.2, 0.25) is 0 Å². The number of nitrogen functional groups attached to an aromatic ring is 1. The third kappa shape index (κ3) is 4.19. The highest BCUT2D eigenvalue weighted by Crippen LogP contribution is 2.17. The summed E-state index contributed by atoms with van der Waals surface area (Å²) in [5.41, 5.74) is 4.34. The van der Waals surface area contributed by atoms with E-state index in [0.717, 1.165) is 13.0 Å². The molecule has 8 nitrogen and oxygen atoms in total. The maximum Gasteiger partial charge on any atom is 0.223 e. The molecule has 0 saturated heterocycles. The van der Waals surface area contributed by atoms with E-state index in [1.807, 2.05) is 6.92 Å². The van der Waals surface area contributed by atoms with E-state index >= 15 is 0 Å². The van der Waals surface area contributed by atoms with Gasteiger partial charge in [-0.15, -0.1) is 0 Å². The first-order valence-electron chi connectivity index (χ1n) is 6.08. The van der Waals surface area contributed by atoms with Gasteiger partial charge < -0.3 is 31.7 Å². The fourth-order valence-electron chi connectivity index (χ4n) is 1.41. The van der Waals surface area contributed by atoms with Gasteiger partial charge in [-0.05, 0) is 6.42 Å². The molecule has 0 aromatic carbocycles. The topological polar surface area (TPSA) is 137 Å². The SMILES string of the molecule is CCCNc1cc(NC(CO)(CO)CO)nc(N)n1. The quantitative estimate of drug-likeness (QED) is 0.354. The van der Waals surface area contributed by atoms with Crippen LogP contribution in [0.1, 0.15) is 13.3 Å². The average molecular weight is 271 g/mol. The highest BCUT2D eigenvalue weighted by atomic mass is 16.3. The van der Waals surface area contributed by atoms with Crippen LogP contribution in [0, 0.1) is 0 Å². The summed E-state index contributed by atoms with van der Waals surface area (Å²) < 4.78 is 0. The molecule has 0 fully saturated rings. The Balaban J connectivity index is 2.90. The number of aliphatic hydroxyl groups is 3. The van der Waals surface area contributed by atoms with Crippen LogP contribution in [-0.2, 0) is 0 Å². The number of aromatic nitrogens is 2. The Morgan fingerprint density at radius 2 is 1.74 bits per heavy atom. The van der Waals surface area contributed by atoms with E-state index in [1.165, 1.54) is 0 Å². The van der Waals surface area contributed by atoms with Crippen molar-refractivity contribution in [2.75, 3.05) is 42.7 Å². The minimum atomic E-state index is -1.25. The Kier molecular flexibility index (Phi) is 5.74. The summed E-state index contributed by atoms with van der Waals surface area (Å²) in [6.45, 7) is 1.43. The zero-order valence-electron chi connectivity index (χ0n) is 10.9. The maximum absolute atomic E-state index is 9.25. The van der Waals surface area contributed by atoms with Crippen LogP contribution < -0.4 is 16.4 Å². The average Bonchev–Trinajstić information content (AvgIpc) is 2.42. The smallest absolute Gasteiger partial charge is 0.223 e. The fraction of sp³-hybridized carbons (Fsp3) is 0.636. The number of nitrogens with zero attached hydrogens (tertiary/aromatic N) is 2. The second-order valence-corrected chi connectivity index (χ2v) is 4.30. The number of nitrogens with two attached hydrogens (primary N) is 1. The normalized spacial score (nSPS) is 11.4. The minimum absolute atomic E-state index is 0.0614. The first-order valence-corrected chi connectivity index (χ1v) is 6.08. The summed E-state index contributed by atoms with van der Waals surface area (Å²) in [5.74, 6) is 0.925. The lowest BCUT2D eigenvalue weighted by Gasteiger charge is -2.29. The van der Waals surface area contributed by atoms with Crippen molar-refractivity contribution in [3.63, 3.8) is 0 Å². The van der Waals surface area contributed by atoms with Crippen molar-refractivity contribution >= 4 is 17.6 Å². The Morgan fingerprint density at radius 3 is 2.26 bits per heavy atom. The summed E-state index contributed by atoms with van der Waals surface area (Å²) in [4.78, 5) is 7.96. The number of aliphatic hydroxyl groups excluding tert-OH is 3. The molecule has 1 heterocycles. The molecule has 1 aromatic rings. The van der Waals surface area contributed by atoms with Crippen LogP contribution in [0.4, 0.5) is 17.6 Å². The molecule has 0 aliphatic heterocycles. The third-order valence-electron chi connectivity index (χ3n) is 2.60.